The van der Waals surface area contributed by atoms with Gasteiger partial charge in [-0.1, -0.05) is 42.5 Å². The van der Waals surface area contributed by atoms with Crippen LogP contribution >= 0.6 is 0 Å². The van der Waals surface area contributed by atoms with Gasteiger partial charge in [-0.25, -0.2) is 0 Å². The zero-order valence-corrected chi connectivity index (χ0v) is 21.9. The van der Waals surface area contributed by atoms with Crippen LogP contribution in [0.25, 0.3) is 11.1 Å². The van der Waals surface area contributed by atoms with Gasteiger partial charge in [0.1, 0.15) is 0 Å². The normalized spacial score (nSPS) is 24.4. The Morgan fingerprint density at radius 3 is 2.31 bits per heavy atom. The first kappa shape index (κ1) is 25.0. The third kappa shape index (κ3) is 5.51. The molecule has 3 aliphatic rings. The van der Waals surface area contributed by atoms with Crippen LogP contribution in [0.1, 0.15) is 62.1 Å². The largest absolute Gasteiger partial charge is 0.469 e. The molecule has 1 saturated heterocycles. The van der Waals surface area contributed by atoms with Crippen LogP contribution in [0.5, 0.6) is 0 Å². The van der Waals surface area contributed by atoms with Crippen molar-refractivity contribution < 1.29 is 14.3 Å². The van der Waals surface area contributed by atoms with Gasteiger partial charge in [0.25, 0.3) is 0 Å². The minimum absolute atomic E-state index is 0.0395. The van der Waals surface area contributed by atoms with Crippen molar-refractivity contribution in [2.45, 2.75) is 70.9 Å². The molecular formula is C31H40N2O3. The highest BCUT2D eigenvalue weighted by Gasteiger charge is 2.33. The minimum atomic E-state index is -0.130. The number of benzene rings is 2. The van der Waals surface area contributed by atoms with Crippen molar-refractivity contribution in [2.24, 2.45) is 11.8 Å². The molecule has 2 heterocycles. The first-order chi connectivity index (χ1) is 17.5. The summed E-state index contributed by atoms with van der Waals surface area (Å²) in [4.78, 5) is 29.6. The molecule has 0 bridgehead atoms. The number of esters is 1. The SMILES string of the molecule is COC(=O)C1CCC(C(=O)N2CCc3cc(-c4ccc(CCN5CCC[C@H]5C)cc4)ccc3C2)CC1. The second-order valence-corrected chi connectivity index (χ2v) is 11.0. The van der Waals surface area contributed by atoms with E-state index in [-0.39, 0.29) is 23.7 Å². The molecule has 0 spiro atoms. The Hall–Kier alpha value is -2.66. The Morgan fingerprint density at radius 2 is 1.61 bits per heavy atom. The highest BCUT2D eigenvalue weighted by molar-refractivity contribution is 5.80. The minimum Gasteiger partial charge on any atom is -0.469 e. The molecule has 2 aromatic carbocycles. The average molecular weight is 489 g/mol. The predicted molar refractivity (Wildman–Crippen MR) is 142 cm³/mol. The fourth-order valence-electron chi connectivity index (χ4n) is 6.38. The van der Waals surface area contributed by atoms with E-state index in [0.717, 1.165) is 57.7 Å². The molecule has 0 radical (unpaired) electrons. The molecule has 0 unspecified atom stereocenters. The summed E-state index contributed by atoms with van der Waals surface area (Å²) in [5.41, 5.74) is 6.55. The van der Waals surface area contributed by atoms with Crippen molar-refractivity contribution in [3.05, 3.63) is 59.2 Å². The van der Waals surface area contributed by atoms with Crippen molar-refractivity contribution in [3.8, 4) is 11.1 Å². The van der Waals surface area contributed by atoms with Gasteiger partial charge in [-0.2, -0.15) is 0 Å². The molecule has 1 atom stereocenters. The molecule has 1 saturated carbocycles. The van der Waals surface area contributed by atoms with Crippen molar-refractivity contribution in [3.63, 3.8) is 0 Å². The van der Waals surface area contributed by atoms with Gasteiger partial charge in [-0.05, 0) is 92.7 Å². The van der Waals surface area contributed by atoms with Crippen molar-refractivity contribution in [1.29, 1.82) is 0 Å². The summed E-state index contributed by atoms with van der Waals surface area (Å²) in [6.07, 6.45) is 7.77. The van der Waals surface area contributed by atoms with Crippen LogP contribution in [0.4, 0.5) is 0 Å². The summed E-state index contributed by atoms with van der Waals surface area (Å²) in [5, 5.41) is 0. The number of carbonyl (C=O) groups excluding carboxylic acids is 2. The second-order valence-electron chi connectivity index (χ2n) is 11.0. The molecule has 0 N–H and O–H groups in total. The average Bonchev–Trinajstić information content (AvgIpc) is 3.35. The molecule has 192 valence electrons. The highest BCUT2D eigenvalue weighted by atomic mass is 16.5. The van der Waals surface area contributed by atoms with E-state index >= 15 is 0 Å². The zero-order chi connectivity index (χ0) is 25.1. The van der Waals surface area contributed by atoms with Gasteiger partial charge in [-0.3, -0.25) is 9.59 Å². The lowest BCUT2D eigenvalue weighted by Gasteiger charge is -2.34. The van der Waals surface area contributed by atoms with Gasteiger partial charge in [0.15, 0.2) is 0 Å². The standard InChI is InChI=1S/C31H40N2O3/c1-22-4-3-17-32(22)18-15-23-5-7-24(8-6-23)27-13-14-29-21-33(19-16-28(29)20-27)30(34)25-9-11-26(12-10-25)31(35)36-2/h5-8,13-14,20,22,25-26H,3-4,9-12,15-19,21H2,1-2H3/t22-,25?,26?/m1/s1. The third-order valence-electron chi connectivity index (χ3n) is 8.81. The number of methoxy groups -OCH3 is 1. The first-order valence-corrected chi connectivity index (χ1v) is 13.8. The molecular weight excluding hydrogens is 448 g/mol. The highest BCUT2D eigenvalue weighted by Crippen LogP contribution is 2.33. The Morgan fingerprint density at radius 1 is 0.889 bits per heavy atom. The maximum Gasteiger partial charge on any atom is 0.308 e. The van der Waals surface area contributed by atoms with Crippen LogP contribution in [-0.2, 0) is 33.7 Å². The van der Waals surface area contributed by atoms with Crippen LogP contribution in [0.3, 0.4) is 0 Å². The van der Waals surface area contributed by atoms with E-state index in [1.165, 1.54) is 54.3 Å². The van der Waals surface area contributed by atoms with Gasteiger partial charge in [0, 0.05) is 31.6 Å². The number of nitrogens with zero attached hydrogens (tertiary/aromatic N) is 2. The van der Waals surface area contributed by atoms with Gasteiger partial charge < -0.3 is 14.5 Å². The van der Waals surface area contributed by atoms with Gasteiger partial charge in [0.2, 0.25) is 5.91 Å². The monoisotopic (exact) mass is 488 g/mol. The van der Waals surface area contributed by atoms with Crippen LogP contribution in [0, 0.1) is 11.8 Å². The molecule has 5 heteroatoms. The second kappa shape index (κ2) is 11.2. The lowest BCUT2D eigenvalue weighted by atomic mass is 9.81. The van der Waals surface area contributed by atoms with Crippen LogP contribution < -0.4 is 0 Å². The fourth-order valence-corrected chi connectivity index (χ4v) is 6.38. The maximum atomic E-state index is 13.2. The number of hydrogen-bond acceptors (Lipinski definition) is 4. The number of likely N-dealkylation sites (tertiary alicyclic amines) is 1. The maximum absolute atomic E-state index is 13.2. The quantitative estimate of drug-likeness (QED) is 0.522. The molecule has 5 rings (SSSR count). The Kier molecular flexibility index (Phi) is 7.76. The molecule has 2 aliphatic heterocycles. The Balaban J connectivity index is 1.17. The Labute approximate surface area is 215 Å². The van der Waals surface area contributed by atoms with Crippen LogP contribution in [-0.4, -0.2) is 54.5 Å². The number of hydrogen-bond donors (Lipinski definition) is 0. The molecule has 5 nitrogen and oxygen atoms in total. The molecule has 1 aliphatic carbocycles. The van der Waals surface area contributed by atoms with Crippen LogP contribution in [0.15, 0.2) is 42.5 Å². The number of rotatable bonds is 6. The van der Waals surface area contributed by atoms with Crippen molar-refractivity contribution in [1.82, 2.24) is 9.80 Å². The molecule has 0 aromatic heterocycles. The van der Waals surface area contributed by atoms with Gasteiger partial charge in [-0.15, -0.1) is 0 Å². The van der Waals surface area contributed by atoms with E-state index < -0.39 is 0 Å². The van der Waals surface area contributed by atoms with E-state index in [0.29, 0.717) is 6.54 Å². The summed E-state index contributed by atoms with van der Waals surface area (Å²) in [6, 6.07) is 16.5. The van der Waals surface area contributed by atoms with E-state index in [1.807, 2.05) is 4.90 Å². The number of ether oxygens (including phenoxy) is 1. The molecule has 2 aromatic rings. The Bertz CT molecular complexity index is 1070. The smallest absolute Gasteiger partial charge is 0.308 e. The topological polar surface area (TPSA) is 49.9 Å². The van der Waals surface area contributed by atoms with E-state index in [1.54, 1.807) is 0 Å². The summed E-state index contributed by atoms with van der Waals surface area (Å²) in [6.45, 7) is 6.22. The van der Waals surface area contributed by atoms with Gasteiger partial charge in [0.05, 0.1) is 13.0 Å². The zero-order valence-electron chi connectivity index (χ0n) is 21.9. The van der Waals surface area contributed by atoms with Gasteiger partial charge >= 0.3 is 5.97 Å². The summed E-state index contributed by atoms with van der Waals surface area (Å²) in [5.74, 6) is 0.128. The number of amides is 1. The summed E-state index contributed by atoms with van der Waals surface area (Å²) in [7, 11) is 1.45. The lowest BCUT2D eigenvalue weighted by molar-refractivity contribution is -0.148. The predicted octanol–water partition coefficient (Wildman–Crippen LogP) is 5.24. The lowest BCUT2D eigenvalue weighted by Crippen LogP contribution is -2.41. The van der Waals surface area contributed by atoms with Crippen molar-refractivity contribution in [2.75, 3.05) is 26.7 Å². The summed E-state index contributed by atoms with van der Waals surface area (Å²) >= 11 is 0. The number of fused-ring (bicyclic) bond motifs is 1. The van der Waals surface area contributed by atoms with Crippen molar-refractivity contribution >= 4 is 11.9 Å². The third-order valence-corrected chi connectivity index (χ3v) is 8.81. The number of carbonyl (C=O) groups is 2. The molecule has 1 amide bonds. The fraction of sp³-hybridized carbons (Fsp3) is 0.548. The molecule has 36 heavy (non-hydrogen) atoms. The summed E-state index contributed by atoms with van der Waals surface area (Å²) < 4.78 is 4.89. The van der Waals surface area contributed by atoms with Crippen LogP contribution in [0.2, 0.25) is 0 Å². The molecule has 2 fully saturated rings. The van der Waals surface area contributed by atoms with E-state index in [2.05, 4.69) is 54.3 Å². The first-order valence-electron chi connectivity index (χ1n) is 13.8. The van der Waals surface area contributed by atoms with E-state index in [4.69, 9.17) is 4.74 Å². The van der Waals surface area contributed by atoms with E-state index in [9.17, 15) is 9.59 Å².